The monoisotopic (exact) mass is 350 g/mol. The van der Waals surface area contributed by atoms with Gasteiger partial charge in [0.25, 0.3) is 0 Å². The predicted molar refractivity (Wildman–Crippen MR) is 92.9 cm³/mol. The maximum Gasteiger partial charge on any atom is 0.119 e. The van der Waals surface area contributed by atoms with Crippen LogP contribution in [0.3, 0.4) is 0 Å². The SMILES string of the molecule is CCOc1ccc2cc(OCCCCCCBr)ccc2c1. The molecule has 0 aliphatic rings. The highest BCUT2D eigenvalue weighted by Crippen LogP contribution is 2.25. The molecule has 114 valence electrons. The van der Waals surface area contributed by atoms with Crippen molar-refractivity contribution in [2.45, 2.75) is 32.6 Å². The van der Waals surface area contributed by atoms with E-state index in [4.69, 9.17) is 9.47 Å². The first-order valence-corrected chi connectivity index (χ1v) is 8.81. The molecule has 2 nitrogen and oxygen atoms in total. The number of ether oxygens (including phenoxy) is 2. The summed E-state index contributed by atoms with van der Waals surface area (Å²) in [6, 6.07) is 12.4. The van der Waals surface area contributed by atoms with Crippen LogP contribution in [0.15, 0.2) is 36.4 Å². The van der Waals surface area contributed by atoms with Crippen LogP contribution in [-0.4, -0.2) is 18.5 Å². The Bertz CT molecular complexity index is 554. The Morgan fingerprint density at radius 2 is 1.43 bits per heavy atom. The molecule has 0 heterocycles. The number of hydrogen-bond donors (Lipinski definition) is 0. The lowest BCUT2D eigenvalue weighted by atomic mass is 10.1. The second-order valence-electron chi connectivity index (χ2n) is 5.06. The summed E-state index contributed by atoms with van der Waals surface area (Å²) in [5, 5.41) is 3.48. The molecule has 0 aromatic heterocycles. The van der Waals surface area contributed by atoms with Gasteiger partial charge in [-0.1, -0.05) is 40.9 Å². The molecule has 0 bridgehead atoms. The number of fused-ring (bicyclic) bond motifs is 1. The molecule has 0 amide bonds. The zero-order chi connectivity index (χ0) is 14.9. The van der Waals surface area contributed by atoms with E-state index in [2.05, 4.69) is 40.2 Å². The van der Waals surface area contributed by atoms with Gasteiger partial charge in [0.2, 0.25) is 0 Å². The van der Waals surface area contributed by atoms with Gasteiger partial charge in [0.05, 0.1) is 13.2 Å². The van der Waals surface area contributed by atoms with E-state index in [0.717, 1.165) is 29.9 Å². The van der Waals surface area contributed by atoms with Crippen LogP contribution in [0.5, 0.6) is 11.5 Å². The van der Waals surface area contributed by atoms with Crippen LogP contribution in [0, 0.1) is 0 Å². The zero-order valence-electron chi connectivity index (χ0n) is 12.6. The van der Waals surface area contributed by atoms with Crippen LogP contribution in [0.2, 0.25) is 0 Å². The second-order valence-corrected chi connectivity index (χ2v) is 5.85. The van der Waals surface area contributed by atoms with Crippen molar-refractivity contribution in [3.8, 4) is 11.5 Å². The van der Waals surface area contributed by atoms with Gasteiger partial charge in [-0.05, 0) is 54.8 Å². The van der Waals surface area contributed by atoms with Crippen molar-refractivity contribution in [1.82, 2.24) is 0 Å². The van der Waals surface area contributed by atoms with Gasteiger partial charge in [0.1, 0.15) is 11.5 Å². The lowest BCUT2D eigenvalue weighted by Crippen LogP contribution is -1.97. The highest BCUT2D eigenvalue weighted by molar-refractivity contribution is 9.09. The van der Waals surface area contributed by atoms with Crippen LogP contribution in [0.1, 0.15) is 32.6 Å². The summed E-state index contributed by atoms with van der Waals surface area (Å²) < 4.78 is 11.4. The fourth-order valence-corrected chi connectivity index (χ4v) is 2.68. The Balaban J connectivity index is 1.88. The van der Waals surface area contributed by atoms with Gasteiger partial charge in [-0.2, -0.15) is 0 Å². The summed E-state index contributed by atoms with van der Waals surface area (Å²) in [4.78, 5) is 0. The highest BCUT2D eigenvalue weighted by atomic mass is 79.9. The predicted octanol–water partition coefficient (Wildman–Crippen LogP) is 5.57. The van der Waals surface area contributed by atoms with Crippen LogP contribution >= 0.6 is 15.9 Å². The van der Waals surface area contributed by atoms with E-state index in [9.17, 15) is 0 Å². The summed E-state index contributed by atoms with van der Waals surface area (Å²) in [6.45, 7) is 3.49. The minimum absolute atomic E-state index is 0.696. The number of unbranched alkanes of at least 4 members (excludes halogenated alkanes) is 3. The van der Waals surface area contributed by atoms with Crippen LogP contribution in [0.25, 0.3) is 10.8 Å². The molecule has 0 saturated carbocycles. The Hall–Kier alpha value is -1.22. The zero-order valence-corrected chi connectivity index (χ0v) is 14.2. The molecule has 0 aliphatic heterocycles. The third kappa shape index (κ3) is 5.24. The fourth-order valence-electron chi connectivity index (χ4n) is 2.29. The first-order chi connectivity index (χ1) is 10.3. The van der Waals surface area contributed by atoms with Gasteiger partial charge in [0, 0.05) is 5.33 Å². The molecule has 0 saturated heterocycles. The minimum atomic E-state index is 0.696. The van der Waals surface area contributed by atoms with Crippen molar-refractivity contribution in [1.29, 1.82) is 0 Å². The summed E-state index contributed by atoms with van der Waals surface area (Å²) >= 11 is 3.45. The van der Waals surface area contributed by atoms with Crippen molar-refractivity contribution in [3.63, 3.8) is 0 Å². The van der Waals surface area contributed by atoms with E-state index in [1.54, 1.807) is 0 Å². The standard InChI is InChI=1S/C18H23BrO2/c1-2-20-17-9-7-16-14-18(10-8-15(16)13-17)21-12-6-4-3-5-11-19/h7-10,13-14H,2-6,11-12H2,1H3. The smallest absolute Gasteiger partial charge is 0.119 e. The highest BCUT2D eigenvalue weighted by Gasteiger charge is 2.00. The number of alkyl halides is 1. The number of rotatable bonds is 9. The second kappa shape index (κ2) is 8.93. The van der Waals surface area contributed by atoms with Crippen molar-refractivity contribution in [2.24, 2.45) is 0 Å². The molecule has 0 atom stereocenters. The third-order valence-electron chi connectivity index (χ3n) is 3.39. The van der Waals surface area contributed by atoms with Crippen molar-refractivity contribution in [2.75, 3.05) is 18.5 Å². The van der Waals surface area contributed by atoms with Crippen molar-refractivity contribution < 1.29 is 9.47 Å². The van der Waals surface area contributed by atoms with Gasteiger partial charge in [0.15, 0.2) is 0 Å². The quantitative estimate of drug-likeness (QED) is 0.434. The van der Waals surface area contributed by atoms with Crippen LogP contribution in [0.4, 0.5) is 0 Å². The average molecular weight is 351 g/mol. The summed E-state index contributed by atoms with van der Waals surface area (Å²) in [5.41, 5.74) is 0. The number of benzene rings is 2. The van der Waals surface area contributed by atoms with E-state index in [1.165, 1.54) is 30.0 Å². The van der Waals surface area contributed by atoms with E-state index < -0.39 is 0 Å². The van der Waals surface area contributed by atoms with Gasteiger partial charge >= 0.3 is 0 Å². The van der Waals surface area contributed by atoms with Crippen molar-refractivity contribution >= 4 is 26.7 Å². The minimum Gasteiger partial charge on any atom is -0.494 e. The molecule has 0 aliphatic carbocycles. The van der Waals surface area contributed by atoms with Gasteiger partial charge in [-0.25, -0.2) is 0 Å². The fraction of sp³-hybridized carbons (Fsp3) is 0.444. The first-order valence-electron chi connectivity index (χ1n) is 7.69. The molecule has 0 spiro atoms. The lowest BCUT2D eigenvalue weighted by Gasteiger charge is -2.08. The first kappa shape index (κ1) is 16.2. The van der Waals surface area contributed by atoms with Crippen LogP contribution < -0.4 is 9.47 Å². The molecule has 0 unspecified atom stereocenters. The Labute approximate surface area is 135 Å². The summed E-state index contributed by atoms with van der Waals surface area (Å²) in [6.07, 6.45) is 4.87. The van der Waals surface area contributed by atoms with E-state index in [-0.39, 0.29) is 0 Å². The van der Waals surface area contributed by atoms with Gasteiger partial charge in [-0.15, -0.1) is 0 Å². The summed E-state index contributed by atoms with van der Waals surface area (Å²) in [5.74, 6) is 1.87. The molecule has 0 fully saturated rings. The van der Waals surface area contributed by atoms with Crippen molar-refractivity contribution in [3.05, 3.63) is 36.4 Å². The Morgan fingerprint density at radius 1 is 0.810 bits per heavy atom. The van der Waals surface area contributed by atoms with E-state index >= 15 is 0 Å². The van der Waals surface area contributed by atoms with E-state index in [0.29, 0.717) is 6.61 Å². The number of hydrogen-bond acceptors (Lipinski definition) is 2. The Morgan fingerprint density at radius 3 is 2.05 bits per heavy atom. The lowest BCUT2D eigenvalue weighted by molar-refractivity contribution is 0.305. The topological polar surface area (TPSA) is 18.5 Å². The molecule has 2 aromatic rings. The molecule has 21 heavy (non-hydrogen) atoms. The molecule has 2 aromatic carbocycles. The maximum absolute atomic E-state index is 5.83. The number of halogens is 1. The molecular formula is C18H23BrO2. The maximum atomic E-state index is 5.83. The molecule has 0 N–H and O–H groups in total. The van der Waals surface area contributed by atoms with Crippen LogP contribution in [-0.2, 0) is 0 Å². The molecule has 3 heteroatoms. The Kier molecular flexibility index (Phi) is 6.87. The van der Waals surface area contributed by atoms with Gasteiger partial charge in [-0.3, -0.25) is 0 Å². The van der Waals surface area contributed by atoms with Gasteiger partial charge < -0.3 is 9.47 Å². The average Bonchev–Trinajstić information content (AvgIpc) is 2.51. The largest absolute Gasteiger partial charge is 0.494 e. The normalized spacial score (nSPS) is 10.8. The molecule has 2 rings (SSSR count). The third-order valence-corrected chi connectivity index (χ3v) is 3.95. The molecule has 0 radical (unpaired) electrons. The molecular weight excluding hydrogens is 328 g/mol. The summed E-state index contributed by atoms with van der Waals surface area (Å²) in [7, 11) is 0. The van der Waals surface area contributed by atoms with E-state index in [1.807, 2.05) is 19.1 Å².